The van der Waals surface area contributed by atoms with E-state index >= 15 is 0 Å². The van der Waals surface area contributed by atoms with Crippen molar-refractivity contribution in [2.75, 3.05) is 32.7 Å². The van der Waals surface area contributed by atoms with Crippen LogP contribution >= 0.6 is 0 Å². The third-order valence-electron chi connectivity index (χ3n) is 4.89. The van der Waals surface area contributed by atoms with Crippen LogP contribution in [0.5, 0.6) is 0 Å². The van der Waals surface area contributed by atoms with Gasteiger partial charge in [-0.15, -0.1) is 0 Å². The van der Waals surface area contributed by atoms with Crippen molar-refractivity contribution in [1.29, 1.82) is 0 Å². The highest BCUT2D eigenvalue weighted by Crippen LogP contribution is 2.20. The van der Waals surface area contributed by atoms with Crippen molar-refractivity contribution in [3.8, 4) is 0 Å². The molecule has 2 heterocycles. The van der Waals surface area contributed by atoms with E-state index in [2.05, 4.69) is 36.3 Å². The number of hydrogen-bond acceptors (Lipinski definition) is 3. The van der Waals surface area contributed by atoms with Crippen molar-refractivity contribution in [2.45, 2.75) is 52.5 Å². The van der Waals surface area contributed by atoms with E-state index in [0.717, 1.165) is 50.7 Å². The first kappa shape index (κ1) is 16.8. The summed E-state index contributed by atoms with van der Waals surface area (Å²) >= 11 is 0. The minimum atomic E-state index is 0.219. The lowest BCUT2D eigenvalue weighted by molar-refractivity contribution is -0.126. The largest absolute Gasteiger partial charge is 0.356 e. The summed E-state index contributed by atoms with van der Waals surface area (Å²) in [6.07, 6.45) is 4.40. The molecule has 0 saturated carbocycles. The molecule has 4 atom stereocenters. The molecule has 122 valence electrons. The maximum atomic E-state index is 12.1. The summed E-state index contributed by atoms with van der Waals surface area (Å²) < 4.78 is 0. The molecule has 2 fully saturated rings. The summed E-state index contributed by atoms with van der Waals surface area (Å²) in [5.41, 5.74) is 0. The third kappa shape index (κ3) is 5.59. The lowest BCUT2D eigenvalue weighted by Gasteiger charge is -2.35. The van der Waals surface area contributed by atoms with Gasteiger partial charge in [-0.25, -0.2) is 0 Å². The maximum absolute atomic E-state index is 12.1. The van der Waals surface area contributed by atoms with Gasteiger partial charge in [0.25, 0.3) is 0 Å². The molecule has 0 radical (unpaired) electrons. The van der Waals surface area contributed by atoms with Crippen LogP contribution < -0.4 is 10.6 Å². The zero-order valence-corrected chi connectivity index (χ0v) is 14.0. The van der Waals surface area contributed by atoms with Crippen LogP contribution in [0.2, 0.25) is 0 Å². The number of amides is 1. The minimum absolute atomic E-state index is 0.219. The summed E-state index contributed by atoms with van der Waals surface area (Å²) in [6, 6.07) is 0.478. The van der Waals surface area contributed by atoms with Crippen LogP contribution in [0.1, 0.15) is 46.5 Å². The molecule has 2 rings (SSSR count). The number of likely N-dealkylation sites (tertiary alicyclic amines) is 1. The highest BCUT2D eigenvalue weighted by atomic mass is 16.1. The molecule has 0 aromatic carbocycles. The lowest BCUT2D eigenvalue weighted by atomic mass is 9.92. The average molecular weight is 295 g/mol. The van der Waals surface area contributed by atoms with Crippen LogP contribution in [0.25, 0.3) is 0 Å². The highest BCUT2D eigenvalue weighted by Gasteiger charge is 2.24. The van der Waals surface area contributed by atoms with Crippen LogP contribution in [0, 0.1) is 17.8 Å². The molecule has 21 heavy (non-hydrogen) atoms. The molecule has 0 spiro atoms. The van der Waals surface area contributed by atoms with Gasteiger partial charge in [-0.3, -0.25) is 4.79 Å². The van der Waals surface area contributed by atoms with Crippen LogP contribution in [0.4, 0.5) is 0 Å². The van der Waals surface area contributed by atoms with Gasteiger partial charge in [0.05, 0.1) is 0 Å². The SMILES string of the molecule is CC1CC(C)CN(CCCNC(=O)[C@H]2CCN[C@@H](C)C2)C1. The first-order chi connectivity index (χ1) is 10.0. The second-order valence-corrected chi connectivity index (χ2v) is 7.43. The predicted molar refractivity (Wildman–Crippen MR) is 87.2 cm³/mol. The average Bonchev–Trinajstić information content (AvgIpc) is 2.42. The topological polar surface area (TPSA) is 44.4 Å². The molecule has 2 N–H and O–H groups in total. The molecule has 2 aliphatic rings. The molecule has 0 aromatic heterocycles. The Morgan fingerprint density at radius 1 is 1.19 bits per heavy atom. The minimum Gasteiger partial charge on any atom is -0.356 e. The Bertz CT molecular complexity index is 324. The third-order valence-corrected chi connectivity index (χ3v) is 4.89. The fraction of sp³-hybridized carbons (Fsp3) is 0.941. The zero-order valence-electron chi connectivity index (χ0n) is 14.0. The molecule has 4 nitrogen and oxygen atoms in total. The summed E-state index contributed by atoms with van der Waals surface area (Å²) in [7, 11) is 0. The van der Waals surface area contributed by atoms with Crippen LogP contribution in [0.3, 0.4) is 0 Å². The maximum Gasteiger partial charge on any atom is 0.223 e. The Morgan fingerprint density at radius 2 is 1.90 bits per heavy atom. The Morgan fingerprint density at radius 3 is 2.57 bits per heavy atom. The van der Waals surface area contributed by atoms with Gasteiger partial charge < -0.3 is 15.5 Å². The Labute approximate surface area is 130 Å². The number of hydrogen-bond donors (Lipinski definition) is 2. The fourth-order valence-electron chi connectivity index (χ4n) is 4.00. The van der Waals surface area contributed by atoms with E-state index in [4.69, 9.17) is 0 Å². The summed E-state index contributed by atoms with van der Waals surface area (Å²) in [4.78, 5) is 14.7. The van der Waals surface area contributed by atoms with E-state index in [1.165, 1.54) is 19.5 Å². The molecule has 2 aliphatic heterocycles. The predicted octanol–water partition coefficient (Wildman–Crippen LogP) is 1.86. The number of carbonyl (C=O) groups is 1. The van der Waals surface area contributed by atoms with Gasteiger partial charge in [-0.05, 0) is 57.5 Å². The molecule has 0 aromatic rings. The monoisotopic (exact) mass is 295 g/mol. The quantitative estimate of drug-likeness (QED) is 0.761. The van der Waals surface area contributed by atoms with Gasteiger partial charge in [0.2, 0.25) is 5.91 Å². The van der Waals surface area contributed by atoms with Gasteiger partial charge in [0, 0.05) is 31.6 Å². The molecular weight excluding hydrogens is 262 g/mol. The highest BCUT2D eigenvalue weighted by molar-refractivity contribution is 5.78. The number of rotatable bonds is 5. The zero-order chi connectivity index (χ0) is 15.2. The molecule has 0 bridgehead atoms. The van der Waals surface area contributed by atoms with E-state index in [1.54, 1.807) is 0 Å². The first-order valence-corrected chi connectivity index (χ1v) is 8.78. The van der Waals surface area contributed by atoms with Crippen molar-refractivity contribution in [1.82, 2.24) is 15.5 Å². The number of nitrogens with zero attached hydrogens (tertiary/aromatic N) is 1. The van der Waals surface area contributed by atoms with E-state index in [1.807, 2.05) is 0 Å². The fourth-order valence-corrected chi connectivity index (χ4v) is 4.00. The molecule has 2 saturated heterocycles. The van der Waals surface area contributed by atoms with Gasteiger partial charge in [0.1, 0.15) is 0 Å². The molecule has 1 amide bonds. The lowest BCUT2D eigenvalue weighted by Crippen LogP contribution is -2.43. The summed E-state index contributed by atoms with van der Waals surface area (Å²) in [6.45, 7) is 12.2. The first-order valence-electron chi connectivity index (χ1n) is 8.78. The summed E-state index contributed by atoms with van der Waals surface area (Å²) in [5.74, 6) is 2.12. The number of carbonyl (C=O) groups excluding carboxylic acids is 1. The smallest absolute Gasteiger partial charge is 0.223 e. The van der Waals surface area contributed by atoms with Crippen molar-refractivity contribution in [3.05, 3.63) is 0 Å². The van der Waals surface area contributed by atoms with E-state index in [-0.39, 0.29) is 11.8 Å². The van der Waals surface area contributed by atoms with E-state index < -0.39 is 0 Å². The van der Waals surface area contributed by atoms with E-state index in [9.17, 15) is 4.79 Å². The normalized spacial score (nSPS) is 34.6. The molecule has 0 aliphatic carbocycles. The Kier molecular flexibility index (Phi) is 6.49. The van der Waals surface area contributed by atoms with Crippen molar-refractivity contribution < 1.29 is 4.79 Å². The Balaban J connectivity index is 1.59. The number of piperidine rings is 2. The van der Waals surface area contributed by atoms with E-state index in [0.29, 0.717) is 6.04 Å². The van der Waals surface area contributed by atoms with Gasteiger partial charge >= 0.3 is 0 Å². The van der Waals surface area contributed by atoms with Crippen LogP contribution in [0.15, 0.2) is 0 Å². The van der Waals surface area contributed by atoms with Gasteiger partial charge in [0.15, 0.2) is 0 Å². The van der Waals surface area contributed by atoms with Crippen LogP contribution in [-0.4, -0.2) is 49.6 Å². The molecule has 4 heteroatoms. The molecule has 2 unspecified atom stereocenters. The van der Waals surface area contributed by atoms with Crippen molar-refractivity contribution >= 4 is 5.91 Å². The van der Waals surface area contributed by atoms with Gasteiger partial charge in [-0.1, -0.05) is 13.8 Å². The van der Waals surface area contributed by atoms with Gasteiger partial charge in [-0.2, -0.15) is 0 Å². The molecular formula is C17H33N3O. The second-order valence-electron chi connectivity index (χ2n) is 7.43. The van der Waals surface area contributed by atoms with Crippen molar-refractivity contribution in [3.63, 3.8) is 0 Å². The second kappa shape index (κ2) is 8.14. The number of nitrogens with one attached hydrogen (secondary N) is 2. The van der Waals surface area contributed by atoms with Crippen molar-refractivity contribution in [2.24, 2.45) is 17.8 Å². The van der Waals surface area contributed by atoms with Crippen LogP contribution in [-0.2, 0) is 4.79 Å². The summed E-state index contributed by atoms with van der Waals surface area (Å²) in [5, 5.41) is 6.54. The Hall–Kier alpha value is -0.610. The standard InChI is InChI=1S/C17H33N3O/c1-13-9-14(2)12-20(11-13)8-4-6-19-17(21)16-5-7-18-15(3)10-16/h13-16,18H,4-12H2,1-3H3,(H,19,21)/t13?,14?,15-,16-/m0/s1.